The van der Waals surface area contributed by atoms with Gasteiger partial charge in [-0.25, -0.2) is 0 Å². The standard InChI is InChI=1S/C21H25NO2/c1-2-24-21(23)15-19-13-14-20(18-11-7-4-8-12-18)22(19)16-17-9-5-3-6-10-17/h3-12,19-20H,2,13-16H2,1H3/t19-,20-/m1/s1. The molecule has 1 fully saturated rings. The van der Waals surface area contributed by atoms with Crippen LogP contribution >= 0.6 is 0 Å². The summed E-state index contributed by atoms with van der Waals surface area (Å²) in [5, 5.41) is 0. The van der Waals surface area contributed by atoms with E-state index in [1.54, 1.807) is 0 Å². The second kappa shape index (κ2) is 8.11. The summed E-state index contributed by atoms with van der Waals surface area (Å²) in [6.45, 7) is 3.18. The number of carbonyl (C=O) groups excluding carboxylic acids is 1. The highest BCUT2D eigenvalue weighted by atomic mass is 16.5. The van der Waals surface area contributed by atoms with Crippen LogP contribution in [0.4, 0.5) is 0 Å². The predicted molar refractivity (Wildman–Crippen MR) is 95.4 cm³/mol. The van der Waals surface area contributed by atoms with Gasteiger partial charge in [-0.2, -0.15) is 0 Å². The SMILES string of the molecule is CCOC(=O)C[C@H]1CC[C@H](c2ccccc2)N1Cc1ccccc1. The summed E-state index contributed by atoms with van der Waals surface area (Å²) in [4.78, 5) is 14.5. The summed E-state index contributed by atoms with van der Waals surface area (Å²) in [5.74, 6) is -0.0886. The lowest BCUT2D eigenvalue weighted by atomic mass is 10.0. The van der Waals surface area contributed by atoms with Crippen molar-refractivity contribution in [3.05, 3.63) is 71.8 Å². The van der Waals surface area contributed by atoms with E-state index in [9.17, 15) is 4.79 Å². The van der Waals surface area contributed by atoms with Gasteiger partial charge in [-0.3, -0.25) is 9.69 Å². The Labute approximate surface area is 144 Å². The number of hydrogen-bond acceptors (Lipinski definition) is 3. The first-order valence-corrected chi connectivity index (χ1v) is 8.78. The van der Waals surface area contributed by atoms with E-state index in [1.807, 2.05) is 13.0 Å². The molecule has 1 saturated heterocycles. The smallest absolute Gasteiger partial charge is 0.307 e. The van der Waals surface area contributed by atoms with Crippen molar-refractivity contribution < 1.29 is 9.53 Å². The van der Waals surface area contributed by atoms with Crippen LogP contribution < -0.4 is 0 Å². The van der Waals surface area contributed by atoms with E-state index < -0.39 is 0 Å². The summed E-state index contributed by atoms with van der Waals surface area (Å²) in [5.41, 5.74) is 2.62. The first kappa shape index (κ1) is 16.7. The molecule has 0 unspecified atom stereocenters. The molecule has 2 aromatic rings. The van der Waals surface area contributed by atoms with Gasteiger partial charge in [0, 0.05) is 18.6 Å². The normalized spacial score (nSPS) is 20.9. The summed E-state index contributed by atoms with van der Waals surface area (Å²) < 4.78 is 5.18. The molecule has 24 heavy (non-hydrogen) atoms. The van der Waals surface area contributed by atoms with Gasteiger partial charge in [-0.05, 0) is 30.9 Å². The van der Waals surface area contributed by atoms with E-state index in [0.717, 1.165) is 19.4 Å². The number of nitrogens with zero attached hydrogens (tertiary/aromatic N) is 1. The zero-order valence-corrected chi connectivity index (χ0v) is 14.2. The molecular formula is C21H25NO2. The molecule has 1 aliphatic rings. The van der Waals surface area contributed by atoms with Crippen molar-refractivity contribution in [2.24, 2.45) is 0 Å². The number of likely N-dealkylation sites (tertiary alicyclic amines) is 1. The van der Waals surface area contributed by atoms with Gasteiger partial charge in [0.05, 0.1) is 13.0 Å². The first-order valence-electron chi connectivity index (χ1n) is 8.78. The zero-order valence-electron chi connectivity index (χ0n) is 14.2. The maximum Gasteiger partial charge on any atom is 0.307 e. The molecule has 1 aliphatic heterocycles. The molecule has 1 heterocycles. The second-order valence-electron chi connectivity index (χ2n) is 6.32. The van der Waals surface area contributed by atoms with Crippen molar-refractivity contribution in [2.45, 2.75) is 44.8 Å². The molecule has 3 rings (SSSR count). The van der Waals surface area contributed by atoms with Gasteiger partial charge < -0.3 is 4.74 Å². The van der Waals surface area contributed by atoms with Crippen molar-refractivity contribution in [2.75, 3.05) is 6.61 Å². The third kappa shape index (κ3) is 4.04. The summed E-state index contributed by atoms with van der Waals surface area (Å²) in [7, 11) is 0. The number of ether oxygens (including phenoxy) is 1. The maximum absolute atomic E-state index is 12.0. The van der Waals surface area contributed by atoms with Gasteiger partial charge in [0.15, 0.2) is 0 Å². The third-order valence-electron chi connectivity index (χ3n) is 4.74. The van der Waals surface area contributed by atoms with Crippen LogP contribution in [-0.2, 0) is 16.1 Å². The molecule has 0 spiro atoms. The molecule has 0 saturated carbocycles. The first-order chi connectivity index (χ1) is 11.8. The molecular weight excluding hydrogens is 298 g/mol. The zero-order chi connectivity index (χ0) is 16.8. The molecule has 0 aromatic heterocycles. The number of rotatable bonds is 6. The number of hydrogen-bond donors (Lipinski definition) is 0. The number of carbonyl (C=O) groups is 1. The fourth-order valence-corrected chi connectivity index (χ4v) is 3.63. The van der Waals surface area contributed by atoms with Crippen LogP contribution in [0.1, 0.15) is 43.4 Å². The van der Waals surface area contributed by atoms with Crippen LogP contribution in [0.25, 0.3) is 0 Å². The topological polar surface area (TPSA) is 29.5 Å². The minimum atomic E-state index is -0.0886. The highest BCUT2D eigenvalue weighted by Crippen LogP contribution is 2.38. The average Bonchev–Trinajstić information content (AvgIpc) is 2.99. The molecule has 3 heteroatoms. The molecule has 0 radical (unpaired) electrons. The van der Waals surface area contributed by atoms with Crippen molar-refractivity contribution in [1.29, 1.82) is 0 Å². The minimum absolute atomic E-state index is 0.0886. The molecule has 2 aromatic carbocycles. The summed E-state index contributed by atoms with van der Waals surface area (Å²) in [6.07, 6.45) is 2.59. The predicted octanol–water partition coefficient (Wildman–Crippen LogP) is 4.35. The lowest BCUT2D eigenvalue weighted by Gasteiger charge is -2.30. The Bertz CT molecular complexity index is 641. The van der Waals surface area contributed by atoms with Gasteiger partial charge in [0.2, 0.25) is 0 Å². The number of benzene rings is 2. The largest absolute Gasteiger partial charge is 0.466 e. The quantitative estimate of drug-likeness (QED) is 0.740. The van der Waals surface area contributed by atoms with Crippen LogP contribution in [-0.4, -0.2) is 23.5 Å². The lowest BCUT2D eigenvalue weighted by Crippen LogP contribution is -2.33. The van der Waals surface area contributed by atoms with Crippen molar-refractivity contribution in [3.8, 4) is 0 Å². The lowest BCUT2D eigenvalue weighted by molar-refractivity contribution is -0.144. The van der Waals surface area contributed by atoms with Gasteiger partial charge in [-0.15, -0.1) is 0 Å². The van der Waals surface area contributed by atoms with E-state index in [-0.39, 0.29) is 12.0 Å². The molecule has 0 aliphatic carbocycles. The maximum atomic E-state index is 12.0. The summed E-state index contributed by atoms with van der Waals surface area (Å²) >= 11 is 0. The summed E-state index contributed by atoms with van der Waals surface area (Å²) in [6, 6.07) is 21.7. The van der Waals surface area contributed by atoms with E-state index in [4.69, 9.17) is 4.74 Å². The average molecular weight is 323 g/mol. The Morgan fingerprint density at radius 3 is 2.38 bits per heavy atom. The highest BCUT2D eigenvalue weighted by molar-refractivity contribution is 5.70. The molecule has 0 amide bonds. The van der Waals surface area contributed by atoms with Crippen LogP contribution in [0.15, 0.2) is 60.7 Å². The van der Waals surface area contributed by atoms with E-state index in [1.165, 1.54) is 11.1 Å². The van der Waals surface area contributed by atoms with E-state index in [2.05, 4.69) is 59.5 Å². The Morgan fingerprint density at radius 2 is 1.71 bits per heavy atom. The second-order valence-corrected chi connectivity index (χ2v) is 6.32. The van der Waals surface area contributed by atoms with Gasteiger partial charge in [0.25, 0.3) is 0 Å². The third-order valence-corrected chi connectivity index (χ3v) is 4.74. The monoisotopic (exact) mass is 323 g/mol. The van der Waals surface area contributed by atoms with Crippen molar-refractivity contribution in [3.63, 3.8) is 0 Å². The fourth-order valence-electron chi connectivity index (χ4n) is 3.63. The van der Waals surface area contributed by atoms with E-state index in [0.29, 0.717) is 19.1 Å². The molecule has 0 bridgehead atoms. The molecule has 3 nitrogen and oxygen atoms in total. The Balaban J connectivity index is 1.80. The molecule has 126 valence electrons. The van der Waals surface area contributed by atoms with Crippen LogP contribution in [0.2, 0.25) is 0 Å². The highest BCUT2D eigenvalue weighted by Gasteiger charge is 2.35. The Morgan fingerprint density at radius 1 is 1.04 bits per heavy atom. The van der Waals surface area contributed by atoms with Crippen molar-refractivity contribution in [1.82, 2.24) is 4.90 Å². The van der Waals surface area contributed by atoms with Gasteiger partial charge in [-0.1, -0.05) is 60.7 Å². The Hall–Kier alpha value is -2.13. The number of esters is 1. The van der Waals surface area contributed by atoms with Crippen molar-refractivity contribution >= 4 is 5.97 Å². The van der Waals surface area contributed by atoms with Crippen LogP contribution in [0, 0.1) is 0 Å². The Kier molecular flexibility index (Phi) is 5.65. The fraction of sp³-hybridized carbons (Fsp3) is 0.381. The minimum Gasteiger partial charge on any atom is -0.466 e. The molecule has 2 atom stereocenters. The van der Waals surface area contributed by atoms with Gasteiger partial charge in [0.1, 0.15) is 0 Å². The van der Waals surface area contributed by atoms with E-state index >= 15 is 0 Å². The van der Waals surface area contributed by atoms with Gasteiger partial charge >= 0.3 is 5.97 Å². The molecule has 0 N–H and O–H groups in total. The van der Waals surface area contributed by atoms with Crippen LogP contribution in [0.5, 0.6) is 0 Å². The van der Waals surface area contributed by atoms with Crippen LogP contribution in [0.3, 0.4) is 0 Å².